The molecular weight excluding hydrogens is 704 g/mol. The largest absolute Gasteiger partial charge is 0.462 e. The normalized spacial score (nSPS) is 30.9. The first-order valence-electron chi connectivity index (χ1n) is 16.3. The van der Waals surface area contributed by atoms with Crippen LogP contribution in [0, 0.1) is 0 Å². The monoisotopic (exact) mass is 748 g/mol. The predicted octanol–water partition coefficient (Wildman–Crippen LogP) is -0.280. The molecule has 4 heterocycles. The Morgan fingerprint density at radius 3 is 1.21 bits per heavy atom. The van der Waals surface area contributed by atoms with Crippen LogP contribution < -0.4 is 0 Å². The topological polar surface area (TPSA) is 247 Å². The molecule has 292 valence electrons. The maximum Gasteiger partial charge on any atom is 0.312 e. The molecule has 20 nitrogen and oxygen atoms in total. The number of carbonyl (C=O) groups is 8. The molecule has 4 fully saturated rings. The molecule has 0 aromatic carbocycles. The van der Waals surface area contributed by atoms with Crippen LogP contribution in [-0.4, -0.2) is 135 Å². The second-order valence-corrected chi connectivity index (χ2v) is 11.9. The first-order valence-corrected chi connectivity index (χ1v) is 16.3. The minimum Gasteiger partial charge on any atom is -0.462 e. The smallest absolute Gasteiger partial charge is 0.312 e. The van der Waals surface area contributed by atoms with E-state index in [4.69, 9.17) is 56.8 Å². The van der Waals surface area contributed by atoms with Gasteiger partial charge in [0.15, 0.2) is 36.6 Å². The van der Waals surface area contributed by atoms with Gasteiger partial charge in [0.25, 0.3) is 0 Å². The van der Waals surface area contributed by atoms with Gasteiger partial charge in [-0.25, -0.2) is 0 Å². The second kappa shape index (κ2) is 17.9. The minimum absolute atomic E-state index is 0.203. The molecule has 20 heteroatoms. The van der Waals surface area contributed by atoms with Crippen molar-refractivity contribution in [2.75, 3.05) is 26.4 Å². The van der Waals surface area contributed by atoms with Crippen LogP contribution in [0.2, 0.25) is 0 Å². The molecule has 0 radical (unpaired) electrons. The quantitative estimate of drug-likeness (QED) is 0.164. The molecule has 0 aromatic heterocycles. The molecule has 52 heavy (non-hydrogen) atoms. The van der Waals surface area contributed by atoms with Crippen LogP contribution in [0.4, 0.5) is 0 Å². The van der Waals surface area contributed by atoms with E-state index in [1.165, 1.54) is 41.5 Å². The van der Waals surface area contributed by atoms with Crippen molar-refractivity contribution in [3.8, 4) is 0 Å². The number of hydrogen-bond donors (Lipinski definition) is 0. The van der Waals surface area contributed by atoms with E-state index in [9.17, 15) is 38.4 Å². The highest BCUT2D eigenvalue weighted by Crippen LogP contribution is 2.46. The maximum atomic E-state index is 11.8. The fourth-order valence-electron chi connectivity index (χ4n) is 6.20. The summed E-state index contributed by atoms with van der Waals surface area (Å²) in [6, 6.07) is 0. The van der Waals surface area contributed by atoms with Gasteiger partial charge in [-0.3, -0.25) is 38.4 Å². The van der Waals surface area contributed by atoms with Crippen molar-refractivity contribution >= 4 is 47.8 Å². The molecule has 0 unspecified atom stereocenters. The maximum absolute atomic E-state index is 11.8. The van der Waals surface area contributed by atoms with Gasteiger partial charge in [0, 0.05) is 54.8 Å². The molecular formula is C32H44O20. The van der Waals surface area contributed by atoms with Crippen LogP contribution in [-0.2, 0) is 95.2 Å². The molecule has 0 aromatic rings. The van der Waals surface area contributed by atoms with E-state index in [2.05, 4.69) is 0 Å². The summed E-state index contributed by atoms with van der Waals surface area (Å²) >= 11 is 0. The van der Waals surface area contributed by atoms with Crippen LogP contribution in [0.25, 0.3) is 0 Å². The van der Waals surface area contributed by atoms with Crippen molar-refractivity contribution in [2.45, 2.75) is 129 Å². The lowest BCUT2D eigenvalue weighted by molar-refractivity contribution is -0.247. The fourth-order valence-corrected chi connectivity index (χ4v) is 6.20. The van der Waals surface area contributed by atoms with Gasteiger partial charge in [-0.05, 0) is 13.8 Å². The van der Waals surface area contributed by atoms with Crippen molar-refractivity contribution in [2.24, 2.45) is 0 Å². The predicted molar refractivity (Wildman–Crippen MR) is 163 cm³/mol. The standard InChI is InChI=1S/2C16H22O10/c2*1-5-22-16-6-12(20)25-15(16)14(24-10(4)19)13(26-16)11(23-9(3)18)7-21-8(2)17/h2*11,13-15H,5-7H2,1-4H3/t2*11-,13+,14+,15-,16-/m11/s1. The number of fused-ring (bicyclic) bond motifs is 2. The van der Waals surface area contributed by atoms with Crippen molar-refractivity contribution in [1.82, 2.24) is 0 Å². The van der Waals surface area contributed by atoms with E-state index in [0.29, 0.717) is 0 Å². The van der Waals surface area contributed by atoms with E-state index in [1.807, 2.05) is 0 Å². The molecule has 4 aliphatic rings. The van der Waals surface area contributed by atoms with Crippen molar-refractivity contribution in [1.29, 1.82) is 0 Å². The SMILES string of the molecule is CCO[C@@]12CC(=O)O[C@@H]1[C@@H](OC(C)=O)[C@H]([C@@H](COC(C)=O)OC(C)=O)O2.CCO[C@@]12CC(=O)O[C@@H]1[C@@H](OC(C)=O)[C@H]([C@@H](COC(C)=O)OC(C)=O)O2. The average molecular weight is 749 g/mol. The van der Waals surface area contributed by atoms with E-state index >= 15 is 0 Å². The van der Waals surface area contributed by atoms with Gasteiger partial charge < -0.3 is 56.8 Å². The first-order chi connectivity index (χ1) is 24.4. The van der Waals surface area contributed by atoms with Crippen LogP contribution in [0.5, 0.6) is 0 Å². The van der Waals surface area contributed by atoms with Gasteiger partial charge in [0.2, 0.25) is 11.6 Å². The zero-order valence-electron chi connectivity index (χ0n) is 30.0. The van der Waals surface area contributed by atoms with Crippen LogP contribution >= 0.6 is 0 Å². The third-order valence-electron chi connectivity index (χ3n) is 7.73. The Labute approximate surface area is 298 Å². The number of hydrogen-bond acceptors (Lipinski definition) is 20. The molecule has 0 spiro atoms. The average Bonchev–Trinajstić information content (AvgIpc) is 3.68. The number of carbonyl (C=O) groups excluding carboxylic acids is 8. The highest BCUT2D eigenvalue weighted by Gasteiger charge is 2.68. The summed E-state index contributed by atoms with van der Waals surface area (Å²) in [6.07, 6.45) is -8.92. The lowest BCUT2D eigenvalue weighted by atomic mass is 10.0. The molecule has 4 rings (SSSR count). The molecule has 0 amide bonds. The van der Waals surface area contributed by atoms with Crippen LogP contribution in [0.15, 0.2) is 0 Å². The molecule has 0 aliphatic carbocycles. The Morgan fingerprint density at radius 2 is 0.942 bits per heavy atom. The summed E-state index contributed by atoms with van der Waals surface area (Å²) < 4.78 is 64.2. The molecule has 4 aliphatic heterocycles. The third kappa shape index (κ3) is 10.4. The third-order valence-corrected chi connectivity index (χ3v) is 7.73. The summed E-state index contributed by atoms with van der Waals surface area (Å²) in [6.45, 7) is 10.3. The van der Waals surface area contributed by atoms with Gasteiger partial charge in [-0.2, -0.15) is 0 Å². The molecule has 0 saturated carbocycles. The summed E-state index contributed by atoms with van der Waals surface area (Å²) in [5.74, 6) is -7.83. The Balaban J connectivity index is 0.000000280. The van der Waals surface area contributed by atoms with Crippen molar-refractivity contribution in [3.05, 3.63) is 0 Å². The van der Waals surface area contributed by atoms with E-state index in [1.54, 1.807) is 13.8 Å². The highest BCUT2D eigenvalue weighted by molar-refractivity contribution is 5.75. The van der Waals surface area contributed by atoms with Gasteiger partial charge in [0.1, 0.15) is 38.3 Å². The molecule has 0 bridgehead atoms. The molecule has 4 saturated heterocycles. The Bertz CT molecular complexity index is 1280. The first kappa shape index (κ1) is 42.0. The van der Waals surface area contributed by atoms with Crippen LogP contribution in [0.1, 0.15) is 68.2 Å². The summed E-state index contributed by atoms with van der Waals surface area (Å²) in [7, 11) is 0. The zero-order chi connectivity index (χ0) is 39.0. The summed E-state index contributed by atoms with van der Waals surface area (Å²) in [4.78, 5) is 91.7. The minimum atomic E-state index is -1.47. The van der Waals surface area contributed by atoms with Crippen LogP contribution in [0.3, 0.4) is 0 Å². The Kier molecular flexibility index (Phi) is 14.5. The molecule has 0 N–H and O–H groups in total. The van der Waals surface area contributed by atoms with Gasteiger partial charge in [0.05, 0.1) is 0 Å². The summed E-state index contributed by atoms with van der Waals surface area (Å²) in [5.41, 5.74) is 0. The number of esters is 8. The lowest BCUT2D eigenvalue weighted by Crippen LogP contribution is -2.46. The number of rotatable bonds is 14. The number of ether oxygens (including phenoxy) is 12. The molecule has 10 atom stereocenters. The Morgan fingerprint density at radius 1 is 0.596 bits per heavy atom. The van der Waals surface area contributed by atoms with Crippen molar-refractivity contribution in [3.63, 3.8) is 0 Å². The van der Waals surface area contributed by atoms with Gasteiger partial charge in [-0.1, -0.05) is 0 Å². The van der Waals surface area contributed by atoms with Gasteiger partial charge in [-0.15, -0.1) is 0 Å². The van der Waals surface area contributed by atoms with Gasteiger partial charge >= 0.3 is 47.8 Å². The van der Waals surface area contributed by atoms with Crippen molar-refractivity contribution < 1.29 is 95.2 Å². The Hall–Kier alpha value is -4.40. The highest BCUT2D eigenvalue weighted by atomic mass is 16.8. The van der Waals surface area contributed by atoms with E-state index < -0.39 is 108 Å². The second-order valence-electron chi connectivity index (χ2n) is 11.9. The zero-order valence-corrected chi connectivity index (χ0v) is 30.0. The lowest BCUT2D eigenvalue weighted by Gasteiger charge is -2.28. The fraction of sp³-hybridized carbons (Fsp3) is 0.750. The summed E-state index contributed by atoms with van der Waals surface area (Å²) in [5, 5.41) is 0. The van der Waals surface area contributed by atoms with E-state index in [0.717, 1.165) is 0 Å². The van der Waals surface area contributed by atoms with E-state index in [-0.39, 0.29) is 39.3 Å².